The average molecular weight is 354 g/mol. The molecular weight excluding hydrogens is 332 g/mol. The van der Waals surface area contributed by atoms with Crippen molar-refractivity contribution in [2.75, 3.05) is 19.7 Å². The molecule has 0 unspecified atom stereocenters. The summed E-state index contributed by atoms with van der Waals surface area (Å²) in [4.78, 5) is 37.4. The van der Waals surface area contributed by atoms with Crippen molar-refractivity contribution in [3.8, 4) is 0 Å². The van der Waals surface area contributed by atoms with Gasteiger partial charge in [0.15, 0.2) is 6.61 Å². The third-order valence-corrected chi connectivity index (χ3v) is 3.74. The zero-order chi connectivity index (χ0) is 18.8. The first-order valence-corrected chi connectivity index (χ1v) is 8.40. The first kappa shape index (κ1) is 19.2. The zero-order valence-corrected chi connectivity index (χ0v) is 14.7. The topological polar surface area (TPSA) is 75.7 Å². The predicted octanol–water partition coefficient (Wildman–Crippen LogP) is 2.01. The van der Waals surface area contributed by atoms with Gasteiger partial charge in [0.25, 0.3) is 11.8 Å². The van der Waals surface area contributed by atoms with Crippen molar-refractivity contribution in [2.24, 2.45) is 0 Å². The van der Waals surface area contributed by atoms with Crippen LogP contribution >= 0.6 is 0 Å². The average Bonchev–Trinajstić information content (AvgIpc) is 2.69. The molecule has 0 spiro atoms. The number of benzene rings is 2. The number of hydrogen-bond acceptors (Lipinski definition) is 4. The monoisotopic (exact) mass is 354 g/mol. The summed E-state index contributed by atoms with van der Waals surface area (Å²) in [5.41, 5.74) is 1.46. The highest BCUT2D eigenvalue weighted by Gasteiger charge is 2.15. The van der Waals surface area contributed by atoms with Gasteiger partial charge in [-0.1, -0.05) is 48.5 Å². The Balaban J connectivity index is 1.75. The first-order valence-electron chi connectivity index (χ1n) is 8.40. The Morgan fingerprint density at radius 2 is 1.58 bits per heavy atom. The van der Waals surface area contributed by atoms with Crippen LogP contribution < -0.4 is 5.32 Å². The molecule has 0 aliphatic heterocycles. The molecule has 6 heteroatoms. The molecule has 0 aliphatic rings. The fourth-order valence-electron chi connectivity index (χ4n) is 2.31. The number of likely N-dealkylation sites (N-methyl/N-ethyl adjacent to an activating group) is 1. The van der Waals surface area contributed by atoms with Crippen LogP contribution in [-0.2, 0) is 20.9 Å². The molecule has 0 fully saturated rings. The van der Waals surface area contributed by atoms with Crippen LogP contribution in [0.5, 0.6) is 0 Å². The number of rotatable bonds is 8. The zero-order valence-electron chi connectivity index (χ0n) is 14.7. The molecule has 0 bridgehead atoms. The molecule has 2 amide bonds. The van der Waals surface area contributed by atoms with Crippen LogP contribution in [-0.4, -0.2) is 42.4 Å². The smallest absolute Gasteiger partial charge is 0.325 e. The highest BCUT2D eigenvalue weighted by Crippen LogP contribution is 2.05. The van der Waals surface area contributed by atoms with E-state index in [1.54, 1.807) is 35.2 Å². The fourth-order valence-corrected chi connectivity index (χ4v) is 2.31. The van der Waals surface area contributed by atoms with E-state index in [-0.39, 0.29) is 25.0 Å². The molecule has 0 radical (unpaired) electrons. The second-order valence-electron chi connectivity index (χ2n) is 5.60. The van der Waals surface area contributed by atoms with Crippen LogP contribution in [0.25, 0.3) is 0 Å². The Hall–Kier alpha value is -3.15. The highest BCUT2D eigenvalue weighted by molar-refractivity contribution is 5.96. The van der Waals surface area contributed by atoms with Gasteiger partial charge in [-0.3, -0.25) is 14.4 Å². The first-order chi connectivity index (χ1) is 12.6. The summed E-state index contributed by atoms with van der Waals surface area (Å²) in [5.74, 6) is -1.30. The summed E-state index contributed by atoms with van der Waals surface area (Å²) in [5, 5.41) is 2.47. The number of esters is 1. The lowest BCUT2D eigenvalue weighted by atomic mass is 10.2. The predicted molar refractivity (Wildman–Crippen MR) is 97.3 cm³/mol. The summed E-state index contributed by atoms with van der Waals surface area (Å²) < 4.78 is 4.97. The summed E-state index contributed by atoms with van der Waals surface area (Å²) in [6.07, 6.45) is 0. The van der Waals surface area contributed by atoms with Gasteiger partial charge < -0.3 is 15.0 Å². The van der Waals surface area contributed by atoms with E-state index in [0.717, 1.165) is 5.56 Å². The number of nitrogens with zero attached hydrogens (tertiary/aromatic N) is 1. The van der Waals surface area contributed by atoms with Gasteiger partial charge in [-0.15, -0.1) is 0 Å². The Bertz CT molecular complexity index is 732. The summed E-state index contributed by atoms with van der Waals surface area (Å²) in [7, 11) is 0. The van der Waals surface area contributed by atoms with E-state index < -0.39 is 5.97 Å². The third-order valence-electron chi connectivity index (χ3n) is 3.74. The minimum Gasteiger partial charge on any atom is -0.454 e. The minimum atomic E-state index is -0.654. The Labute approximate surface area is 152 Å². The van der Waals surface area contributed by atoms with E-state index in [1.165, 1.54) is 0 Å². The van der Waals surface area contributed by atoms with Gasteiger partial charge in [-0.25, -0.2) is 0 Å². The van der Waals surface area contributed by atoms with Gasteiger partial charge in [-0.05, 0) is 24.6 Å². The number of carbonyl (C=O) groups is 3. The molecule has 2 rings (SSSR count). The van der Waals surface area contributed by atoms with E-state index in [9.17, 15) is 14.4 Å². The summed E-state index contributed by atoms with van der Waals surface area (Å²) >= 11 is 0. The van der Waals surface area contributed by atoms with Gasteiger partial charge in [-0.2, -0.15) is 0 Å². The van der Waals surface area contributed by atoms with Crippen molar-refractivity contribution >= 4 is 17.8 Å². The molecular formula is C20H22N2O4. The third kappa shape index (κ3) is 6.05. The van der Waals surface area contributed by atoms with E-state index >= 15 is 0 Å². The van der Waals surface area contributed by atoms with E-state index in [2.05, 4.69) is 5.32 Å². The lowest BCUT2D eigenvalue weighted by molar-refractivity contribution is -0.151. The second-order valence-corrected chi connectivity index (χ2v) is 5.60. The highest BCUT2D eigenvalue weighted by atomic mass is 16.5. The minimum absolute atomic E-state index is 0.279. The van der Waals surface area contributed by atoms with Gasteiger partial charge >= 0.3 is 5.97 Å². The van der Waals surface area contributed by atoms with Crippen LogP contribution in [0.4, 0.5) is 0 Å². The lowest BCUT2D eigenvalue weighted by Gasteiger charge is -2.20. The molecule has 0 atom stereocenters. The maximum atomic E-state index is 12.2. The lowest BCUT2D eigenvalue weighted by Crippen LogP contribution is -2.36. The quantitative estimate of drug-likeness (QED) is 0.736. The van der Waals surface area contributed by atoms with E-state index in [1.807, 2.05) is 37.3 Å². The molecule has 2 aromatic carbocycles. The molecule has 0 heterocycles. The molecule has 0 saturated heterocycles. The number of amides is 2. The van der Waals surface area contributed by atoms with Gasteiger partial charge in [0.2, 0.25) is 0 Å². The molecule has 136 valence electrons. The van der Waals surface area contributed by atoms with E-state index in [0.29, 0.717) is 18.7 Å². The van der Waals surface area contributed by atoms with Crippen molar-refractivity contribution < 1.29 is 19.1 Å². The Morgan fingerprint density at radius 1 is 0.962 bits per heavy atom. The largest absolute Gasteiger partial charge is 0.454 e. The van der Waals surface area contributed by atoms with Crippen molar-refractivity contribution in [1.82, 2.24) is 10.2 Å². The number of carbonyl (C=O) groups excluding carboxylic acids is 3. The van der Waals surface area contributed by atoms with Gasteiger partial charge in [0.1, 0.15) is 6.54 Å². The Morgan fingerprint density at radius 3 is 2.19 bits per heavy atom. The SMILES string of the molecule is CCN(Cc1ccccc1)C(=O)COC(=O)CNC(=O)c1ccccc1. The molecule has 0 aromatic heterocycles. The summed E-state index contributed by atoms with van der Waals surface area (Å²) in [6.45, 7) is 2.20. The van der Waals surface area contributed by atoms with Crippen LogP contribution in [0.1, 0.15) is 22.8 Å². The fraction of sp³-hybridized carbons (Fsp3) is 0.250. The second kappa shape index (κ2) is 9.98. The van der Waals surface area contributed by atoms with Crippen molar-refractivity contribution in [3.63, 3.8) is 0 Å². The van der Waals surface area contributed by atoms with Gasteiger partial charge in [0.05, 0.1) is 0 Å². The maximum absolute atomic E-state index is 12.2. The molecule has 0 saturated carbocycles. The van der Waals surface area contributed by atoms with Gasteiger partial charge in [0, 0.05) is 18.7 Å². The molecule has 26 heavy (non-hydrogen) atoms. The maximum Gasteiger partial charge on any atom is 0.325 e. The van der Waals surface area contributed by atoms with Crippen LogP contribution in [0.3, 0.4) is 0 Å². The van der Waals surface area contributed by atoms with Crippen molar-refractivity contribution in [3.05, 3.63) is 71.8 Å². The number of hydrogen-bond donors (Lipinski definition) is 1. The number of ether oxygens (including phenoxy) is 1. The molecule has 6 nitrogen and oxygen atoms in total. The normalized spacial score (nSPS) is 10.0. The van der Waals surface area contributed by atoms with Crippen molar-refractivity contribution in [2.45, 2.75) is 13.5 Å². The number of nitrogens with one attached hydrogen (secondary N) is 1. The van der Waals surface area contributed by atoms with E-state index in [4.69, 9.17) is 4.74 Å². The molecule has 0 aliphatic carbocycles. The Kier molecular flexibility index (Phi) is 7.36. The molecule has 2 aromatic rings. The standard InChI is InChI=1S/C20H22N2O4/c1-2-22(14-16-9-5-3-6-10-16)18(23)15-26-19(24)13-21-20(25)17-11-7-4-8-12-17/h3-12H,2,13-15H2,1H3,(H,21,25). The van der Waals surface area contributed by atoms with Crippen LogP contribution in [0, 0.1) is 0 Å². The van der Waals surface area contributed by atoms with Crippen molar-refractivity contribution in [1.29, 1.82) is 0 Å². The van der Waals surface area contributed by atoms with Crippen LogP contribution in [0.15, 0.2) is 60.7 Å². The molecule has 1 N–H and O–H groups in total. The van der Waals surface area contributed by atoms with Crippen LogP contribution in [0.2, 0.25) is 0 Å². The summed E-state index contributed by atoms with van der Waals surface area (Å²) in [6, 6.07) is 18.1.